The number of carbonyl (C=O) groups excluding carboxylic acids is 3. The van der Waals surface area contributed by atoms with Crippen LogP contribution >= 0.6 is 11.6 Å². The van der Waals surface area contributed by atoms with Gasteiger partial charge < -0.3 is 39.0 Å². The summed E-state index contributed by atoms with van der Waals surface area (Å²) >= 11 is 7.28. The van der Waals surface area contributed by atoms with Crippen LogP contribution in [0, 0.1) is 17.8 Å². The lowest BCUT2D eigenvalue weighted by molar-refractivity contribution is -0.244. The number of aliphatic hydroxyl groups excluding tert-OH is 2. The third-order valence-corrected chi connectivity index (χ3v) is 10.6. The minimum Gasteiger partial charge on any atom is -0.507 e. The number of phenols is 1. The molecule has 4 aliphatic carbocycles. The first-order valence-corrected chi connectivity index (χ1v) is 14.9. The maximum Gasteiger partial charge on any atom is 0.349 e. The summed E-state index contributed by atoms with van der Waals surface area (Å²) in [5, 5.41) is 32.6. The number of aliphatic hydroxyl groups is 2. The van der Waals surface area contributed by atoms with Crippen molar-refractivity contribution in [3.63, 3.8) is 0 Å². The van der Waals surface area contributed by atoms with E-state index in [2.05, 4.69) is 5.73 Å². The first-order chi connectivity index (χ1) is 21.1. The lowest BCUT2D eigenvalue weighted by Crippen LogP contribution is -2.79. The molecule has 2 saturated carbocycles. The molecule has 11 nitrogen and oxygen atoms in total. The molecule has 3 N–H and O–H groups in total. The van der Waals surface area contributed by atoms with Gasteiger partial charge in [0.05, 0.1) is 20.3 Å². The van der Waals surface area contributed by atoms with Crippen LogP contribution in [0.15, 0.2) is 53.0 Å². The summed E-state index contributed by atoms with van der Waals surface area (Å²) in [4.78, 5) is 39.9. The number of epoxide rings is 1. The van der Waals surface area contributed by atoms with E-state index < -0.39 is 68.9 Å². The number of methoxy groups -OCH3 is 2. The van der Waals surface area contributed by atoms with E-state index >= 15 is 0 Å². The van der Waals surface area contributed by atoms with Gasteiger partial charge in [0.25, 0.3) is 0 Å². The van der Waals surface area contributed by atoms with E-state index in [4.69, 9.17) is 35.3 Å². The summed E-state index contributed by atoms with van der Waals surface area (Å²) in [7, 11) is 2.40. The minimum absolute atomic E-state index is 0.0532. The molecule has 45 heavy (non-hydrogen) atoms. The van der Waals surface area contributed by atoms with Gasteiger partial charge in [-0.25, -0.2) is 4.79 Å². The number of ether oxygens (including phenoxy) is 5. The average molecular weight is 643 g/mol. The number of carbonyl (C=O) groups is 3. The number of ketones is 1. The predicted octanol–water partition coefficient (Wildman–Crippen LogP) is 3.31. The topological polar surface area (TPSA) is 161 Å². The number of aromatic hydroxyl groups is 1. The summed E-state index contributed by atoms with van der Waals surface area (Å²) in [6.45, 7) is 7.11. The van der Waals surface area contributed by atoms with Crippen molar-refractivity contribution in [1.82, 2.24) is 0 Å². The van der Waals surface area contributed by atoms with Gasteiger partial charge in [0.1, 0.15) is 40.6 Å². The Morgan fingerprint density at radius 2 is 1.91 bits per heavy atom. The van der Waals surface area contributed by atoms with Crippen LogP contribution in [0.1, 0.15) is 56.0 Å². The van der Waals surface area contributed by atoms with Gasteiger partial charge in [-0.15, -0.1) is 17.3 Å². The van der Waals surface area contributed by atoms with Crippen LogP contribution < -0.4 is 4.74 Å². The Morgan fingerprint density at radius 3 is 2.56 bits per heavy atom. The maximum absolute atomic E-state index is 14.8. The molecule has 1 spiro atoms. The van der Waals surface area contributed by atoms with E-state index in [0.717, 1.165) is 12.7 Å². The molecule has 2 heterocycles. The summed E-state index contributed by atoms with van der Waals surface area (Å²) in [6, 6.07) is 2.78. The third-order valence-electron chi connectivity index (χ3n) is 9.79. The Bertz CT molecular complexity index is 1670. The number of benzene rings is 1. The molecular formula is C33H35ClO11. The number of hydrogen-bond donors (Lipinski definition) is 3. The van der Waals surface area contributed by atoms with Gasteiger partial charge >= 0.3 is 17.7 Å². The normalized spacial score (nSPS) is 39.0. The second-order valence-electron chi connectivity index (χ2n) is 13.0. The number of fused-ring (bicyclic) bond motifs is 3. The average Bonchev–Trinajstić information content (AvgIpc) is 3.73. The minimum atomic E-state index is -2.61. The smallest absolute Gasteiger partial charge is 0.349 e. The molecule has 12 heteroatoms. The van der Waals surface area contributed by atoms with Gasteiger partial charge in [-0.1, -0.05) is 18.6 Å². The predicted molar refractivity (Wildman–Crippen MR) is 157 cm³/mol. The summed E-state index contributed by atoms with van der Waals surface area (Å²) in [5.74, 6) is -6.37. The highest BCUT2D eigenvalue weighted by Crippen LogP contribution is 2.68. The Balaban J connectivity index is 1.51. The molecule has 3 fully saturated rings. The number of esters is 2. The molecule has 0 amide bonds. The SMILES string of the molecule is COC(=O)[C@@]12C=C(OC)[C@@](Cl)(C(=O)[C@]13OC(=O)c1c(O)cc(C)cc1O3)[C@@](C)(C=C=C1C[C@H](O)[C@@H]3O[C@]3(CC=C(C)C)[C@@H]1O)C2. The molecule has 1 aromatic carbocycles. The quantitative estimate of drug-likeness (QED) is 0.142. The number of alkyl halides is 1. The van der Waals surface area contributed by atoms with Crippen LogP contribution in [0.2, 0.25) is 0 Å². The van der Waals surface area contributed by atoms with Gasteiger partial charge in [-0.2, -0.15) is 0 Å². The molecule has 6 aliphatic rings. The van der Waals surface area contributed by atoms with E-state index in [1.807, 2.05) is 19.9 Å². The molecule has 2 bridgehead atoms. The highest BCUT2D eigenvalue weighted by Gasteiger charge is 2.83. The van der Waals surface area contributed by atoms with E-state index in [-0.39, 0.29) is 29.9 Å². The van der Waals surface area contributed by atoms with Crippen molar-refractivity contribution in [1.29, 1.82) is 0 Å². The first kappa shape index (κ1) is 31.4. The summed E-state index contributed by atoms with van der Waals surface area (Å²) in [6.07, 6.45) is 2.30. The Labute approximate surface area is 264 Å². The van der Waals surface area contributed by atoms with Crippen LogP contribution in [-0.4, -0.2) is 81.8 Å². The fourth-order valence-electron chi connectivity index (χ4n) is 7.41. The molecule has 7 rings (SSSR count). The number of allylic oxidation sites excluding steroid dienone is 2. The van der Waals surface area contributed by atoms with Gasteiger partial charge in [-0.05, 0) is 57.0 Å². The second-order valence-corrected chi connectivity index (χ2v) is 13.6. The third kappa shape index (κ3) is 3.98. The van der Waals surface area contributed by atoms with Crippen molar-refractivity contribution < 1.29 is 53.4 Å². The molecule has 0 radical (unpaired) electrons. The molecule has 0 unspecified atom stereocenters. The number of phenolic OH excluding ortho intramolecular Hbond substituents is 1. The standard InChI is InChI=1S/C33H35ClO11/c1-16(2)7-10-31-24(37)18(13-20(36)25(31)44-31)8-9-29(4)15-30(28(40)42-6)14-22(41-5)32(29,34)27(39)33(30)43-21-12-17(3)11-19(35)23(21)26(38)45-33/h7,9,11-12,14,20,24-25,35-37H,10,13,15H2,1-6H3/t8?,20-,24+,25-,29-,30-,31+,32+,33-/m0/s1. The zero-order chi connectivity index (χ0) is 32.9. The number of halogens is 1. The zero-order valence-electron chi connectivity index (χ0n) is 25.7. The largest absolute Gasteiger partial charge is 0.507 e. The van der Waals surface area contributed by atoms with Crippen molar-refractivity contribution in [2.24, 2.45) is 10.8 Å². The molecule has 1 saturated heterocycles. The van der Waals surface area contributed by atoms with Crippen LogP contribution in [0.4, 0.5) is 0 Å². The fraction of sp³-hybridized carbons (Fsp3) is 0.515. The van der Waals surface area contributed by atoms with Crippen molar-refractivity contribution in [2.75, 3.05) is 14.2 Å². The van der Waals surface area contributed by atoms with Crippen molar-refractivity contribution >= 4 is 29.3 Å². The number of aryl methyl sites for hydroxylation is 1. The van der Waals surface area contributed by atoms with Gasteiger partial charge in [-0.3, -0.25) is 9.59 Å². The van der Waals surface area contributed by atoms with Crippen LogP contribution in [0.3, 0.4) is 0 Å². The summed E-state index contributed by atoms with van der Waals surface area (Å²) < 4.78 is 28.5. The molecular weight excluding hydrogens is 608 g/mol. The molecule has 2 aliphatic heterocycles. The second kappa shape index (κ2) is 9.95. The lowest BCUT2D eigenvalue weighted by atomic mass is 9.49. The lowest BCUT2D eigenvalue weighted by Gasteiger charge is -2.61. The molecule has 1 aromatic rings. The van der Waals surface area contributed by atoms with Gasteiger partial charge in [0.15, 0.2) is 10.3 Å². The Kier molecular flexibility index (Phi) is 6.94. The van der Waals surface area contributed by atoms with Gasteiger partial charge in [0.2, 0.25) is 5.78 Å². The number of rotatable bonds is 5. The Morgan fingerprint density at radius 1 is 1.20 bits per heavy atom. The highest BCUT2D eigenvalue weighted by atomic mass is 35.5. The Hall–Kier alpha value is -3.60. The highest BCUT2D eigenvalue weighted by molar-refractivity contribution is 6.41. The van der Waals surface area contributed by atoms with E-state index in [1.165, 1.54) is 31.4 Å². The van der Waals surface area contributed by atoms with Crippen molar-refractivity contribution in [2.45, 2.75) is 81.5 Å². The van der Waals surface area contributed by atoms with Gasteiger partial charge in [0, 0.05) is 23.8 Å². The van der Waals surface area contributed by atoms with Crippen LogP contribution in [0.5, 0.6) is 11.5 Å². The molecule has 8 atom stereocenters. The first-order valence-electron chi connectivity index (χ1n) is 14.6. The van der Waals surface area contributed by atoms with Crippen molar-refractivity contribution in [3.05, 3.63) is 64.1 Å². The summed E-state index contributed by atoms with van der Waals surface area (Å²) in [5.41, 5.74) is 0.0716. The molecule has 240 valence electrons. The van der Waals surface area contributed by atoms with E-state index in [9.17, 15) is 29.7 Å². The zero-order valence-corrected chi connectivity index (χ0v) is 26.5. The number of hydrogen-bond acceptors (Lipinski definition) is 11. The fourth-order valence-corrected chi connectivity index (χ4v) is 7.79. The van der Waals surface area contributed by atoms with Crippen LogP contribution in [0.25, 0.3) is 0 Å². The maximum atomic E-state index is 14.8. The molecule has 0 aromatic heterocycles. The van der Waals surface area contributed by atoms with Crippen LogP contribution in [-0.2, 0) is 28.5 Å². The van der Waals surface area contributed by atoms with E-state index in [0.29, 0.717) is 17.6 Å². The van der Waals surface area contributed by atoms with E-state index in [1.54, 1.807) is 13.8 Å². The number of Topliss-reactive ketones (excluding diaryl/α,β-unsaturated/α-hetero) is 1. The monoisotopic (exact) mass is 642 g/mol. The van der Waals surface area contributed by atoms with Crippen molar-refractivity contribution in [3.8, 4) is 11.5 Å².